The number of carbonyl (C=O) groups is 1. The molecule has 0 aliphatic heterocycles. The number of hydrogen-bond acceptors (Lipinski definition) is 3. The standard InChI is InChI=1S/C14H20N2O2/c1-15-13-5-3-4-10-8-11(6-7-12(10)13)18-9-14(17)16-2/h6-8,13,15H,3-5,9H2,1-2H3,(H,16,17). The Hall–Kier alpha value is -1.55. The van der Waals surface area contributed by atoms with Gasteiger partial charge in [0.25, 0.3) is 5.91 Å². The third-order valence-electron chi connectivity index (χ3n) is 3.43. The van der Waals surface area contributed by atoms with Crippen molar-refractivity contribution in [3.8, 4) is 5.75 Å². The minimum absolute atomic E-state index is 0.0741. The molecule has 1 aliphatic rings. The largest absolute Gasteiger partial charge is 0.484 e. The molecule has 0 aromatic heterocycles. The molecular weight excluding hydrogens is 228 g/mol. The molecule has 0 bridgehead atoms. The van der Waals surface area contributed by atoms with E-state index in [1.807, 2.05) is 13.1 Å². The average Bonchev–Trinajstić information content (AvgIpc) is 2.43. The molecule has 0 radical (unpaired) electrons. The summed E-state index contributed by atoms with van der Waals surface area (Å²) >= 11 is 0. The van der Waals surface area contributed by atoms with Gasteiger partial charge in [-0.2, -0.15) is 0 Å². The molecule has 1 aliphatic carbocycles. The summed E-state index contributed by atoms with van der Waals surface area (Å²) in [4.78, 5) is 11.1. The minimum Gasteiger partial charge on any atom is -0.484 e. The van der Waals surface area contributed by atoms with Gasteiger partial charge in [0.05, 0.1) is 0 Å². The Morgan fingerprint density at radius 1 is 1.44 bits per heavy atom. The van der Waals surface area contributed by atoms with Crippen LogP contribution < -0.4 is 15.4 Å². The first-order chi connectivity index (χ1) is 8.74. The molecule has 1 unspecified atom stereocenters. The van der Waals surface area contributed by atoms with Gasteiger partial charge in [-0.25, -0.2) is 0 Å². The molecule has 1 aromatic rings. The first-order valence-corrected chi connectivity index (χ1v) is 6.38. The minimum atomic E-state index is -0.110. The van der Waals surface area contributed by atoms with Gasteiger partial charge in [0, 0.05) is 13.1 Å². The average molecular weight is 248 g/mol. The predicted octanol–water partition coefficient (Wildman–Crippen LogP) is 1.41. The first kappa shape index (κ1) is 12.9. The van der Waals surface area contributed by atoms with Gasteiger partial charge in [-0.3, -0.25) is 4.79 Å². The molecule has 4 nitrogen and oxygen atoms in total. The summed E-state index contributed by atoms with van der Waals surface area (Å²) in [6.45, 7) is 0.0741. The van der Waals surface area contributed by atoms with Crippen molar-refractivity contribution in [2.45, 2.75) is 25.3 Å². The molecule has 0 fully saturated rings. The molecule has 1 amide bonds. The molecule has 0 spiro atoms. The van der Waals surface area contributed by atoms with Crippen LogP contribution in [0.2, 0.25) is 0 Å². The Morgan fingerprint density at radius 3 is 3.00 bits per heavy atom. The monoisotopic (exact) mass is 248 g/mol. The molecule has 2 rings (SSSR count). The smallest absolute Gasteiger partial charge is 0.257 e. The Labute approximate surface area is 108 Å². The predicted molar refractivity (Wildman–Crippen MR) is 70.7 cm³/mol. The van der Waals surface area contributed by atoms with E-state index in [-0.39, 0.29) is 12.5 Å². The van der Waals surface area contributed by atoms with Crippen LogP contribution in [0.5, 0.6) is 5.75 Å². The first-order valence-electron chi connectivity index (χ1n) is 6.38. The van der Waals surface area contributed by atoms with Crippen LogP contribution in [-0.4, -0.2) is 26.6 Å². The van der Waals surface area contributed by atoms with Gasteiger partial charge >= 0.3 is 0 Å². The highest BCUT2D eigenvalue weighted by Gasteiger charge is 2.18. The van der Waals surface area contributed by atoms with Crippen molar-refractivity contribution in [2.75, 3.05) is 20.7 Å². The summed E-state index contributed by atoms with van der Waals surface area (Å²) in [6, 6.07) is 6.55. The van der Waals surface area contributed by atoms with Gasteiger partial charge in [-0.05, 0) is 49.6 Å². The lowest BCUT2D eigenvalue weighted by atomic mass is 9.87. The van der Waals surface area contributed by atoms with Crippen molar-refractivity contribution in [3.05, 3.63) is 29.3 Å². The highest BCUT2D eigenvalue weighted by molar-refractivity contribution is 5.77. The summed E-state index contributed by atoms with van der Waals surface area (Å²) in [5.74, 6) is 0.662. The van der Waals surface area contributed by atoms with Crippen molar-refractivity contribution in [2.24, 2.45) is 0 Å². The van der Waals surface area contributed by atoms with Crippen LogP contribution in [0.4, 0.5) is 0 Å². The van der Waals surface area contributed by atoms with E-state index in [1.165, 1.54) is 24.0 Å². The fraction of sp³-hybridized carbons (Fsp3) is 0.500. The zero-order valence-electron chi connectivity index (χ0n) is 11.0. The number of benzene rings is 1. The fourth-order valence-electron chi connectivity index (χ4n) is 2.40. The van der Waals surface area contributed by atoms with E-state index >= 15 is 0 Å². The maximum atomic E-state index is 11.1. The van der Waals surface area contributed by atoms with Crippen molar-refractivity contribution >= 4 is 5.91 Å². The molecule has 0 saturated carbocycles. The highest BCUT2D eigenvalue weighted by atomic mass is 16.5. The third-order valence-corrected chi connectivity index (χ3v) is 3.43. The molecule has 18 heavy (non-hydrogen) atoms. The van der Waals surface area contributed by atoms with Gasteiger partial charge in [0.15, 0.2) is 6.61 Å². The molecule has 1 aromatic carbocycles. The van der Waals surface area contributed by atoms with Crippen LogP contribution >= 0.6 is 0 Å². The summed E-state index contributed by atoms with van der Waals surface area (Å²) in [6.07, 6.45) is 3.46. The topological polar surface area (TPSA) is 50.4 Å². The van der Waals surface area contributed by atoms with Gasteiger partial charge in [-0.1, -0.05) is 6.07 Å². The van der Waals surface area contributed by atoms with Crippen molar-refractivity contribution in [3.63, 3.8) is 0 Å². The van der Waals surface area contributed by atoms with E-state index in [9.17, 15) is 4.79 Å². The van der Waals surface area contributed by atoms with Crippen LogP contribution in [0.3, 0.4) is 0 Å². The molecular formula is C14H20N2O2. The Morgan fingerprint density at radius 2 is 2.28 bits per heavy atom. The Bertz CT molecular complexity index is 432. The zero-order chi connectivity index (χ0) is 13.0. The molecule has 0 heterocycles. The van der Waals surface area contributed by atoms with E-state index in [0.717, 1.165) is 12.2 Å². The van der Waals surface area contributed by atoms with Crippen molar-refractivity contribution < 1.29 is 9.53 Å². The lowest BCUT2D eigenvalue weighted by Crippen LogP contribution is -2.25. The van der Waals surface area contributed by atoms with Gasteiger partial charge < -0.3 is 15.4 Å². The zero-order valence-corrected chi connectivity index (χ0v) is 11.0. The Kier molecular flexibility index (Phi) is 4.20. The summed E-state index contributed by atoms with van der Waals surface area (Å²) in [7, 11) is 3.60. The summed E-state index contributed by atoms with van der Waals surface area (Å²) < 4.78 is 5.46. The second-order valence-electron chi connectivity index (χ2n) is 4.56. The van der Waals surface area contributed by atoms with E-state index in [0.29, 0.717) is 6.04 Å². The number of aryl methyl sites for hydroxylation is 1. The maximum Gasteiger partial charge on any atom is 0.257 e. The van der Waals surface area contributed by atoms with E-state index in [2.05, 4.69) is 22.8 Å². The number of hydrogen-bond donors (Lipinski definition) is 2. The SMILES string of the molecule is CNC(=O)COc1ccc2c(c1)CCCC2NC. The quantitative estimate of drug-likeness (QED) is 0.847. The molecule has 98 valence electrons. The van der Waals surface area contributed by atoms with Gasteiger partial charge in [0.2, 0.25) is 0 Å². The molecule has 2 N–H and O–H groups in total. The van der Waals surface area contributed by atoms with Crippen LogP contribution in [0, 0.1) is 0 Å². The number of ether oxygens (including phenoxy) is 1. The molecule has 1 atom stereocenters. The van der Waals surface area contributed by atoms with Crippen molar-refractivity contribution in [1.29, 1.82) is 0 Å². The van der Waals surface area contributed by atoms with Crippen LogP contribution in [0.15, 0.2) is 18.2 Å². The van der Waals surface area contributed by atoms with Gasteiger partial charge in [0.1, 0.15) is 5.75 Å². The number of rotatable bonds is 4. The fourth-order valence-corrected chi connectivity index (χ4v) is 2.40. The van der Waals surface area contributed by atoms with Crippen LogP contribution in [0.25, 0.3) is 0 Å². The molecule has 0 saturated heterocycles. The van der Waals surface area contributed by atoms with E-state index in [4.69, 9.17) is 4.74 Å². The van der Waals surface area contributed by atoms with E-state index in [1.54, 1.807) is 7.05 Å². The number of nitrogens with one attached hydrogen (secondary N) is 2. The number of likely N-dealkylation sites (N-methyl/N-ethyl adjacent to an activating group) is 1. The number of fused-ring (bicyclic) bond motifs is 1. The third kappa shape index (κ3) is 2.82. The van der Waals surface area contributed by atoms with E-state index < -0.39 is 0 Å². The second-order valence-corrected chi connectivity index (χ2v) is 4.56. The highest BCUT2D eigenvalue weighted by Crippen LogP contribution is 2.31. The number of amides is 1. The Balaban J connectivity index is 2.09. The normalized spacial score (nSPS) is 18.0. The van der Waals surface area contributed by atoms with Gasteiger partial charge in [-0.15, -0.1) is 0 Å². The lowest BCUT2D eigenvalue weighted by molar-refractivity contribution is -0.122. The second kappa shape index (κ2) is 5.87. The number of carbonyl (C=O) groups excluding carboxylic acids is 1. The lowest BCUT2D eigenvalue weighted by Gasteiger charge is -2.25. The summed E-state index contributed by atoms with van der Waals surface area (Å²) in [5.41, 5.74) is 2.69. The maximum absolute atomic E-state index is 11.1. The summed E-state index contributed by atoms with van der Waals surface area (Å²) in [5, 5.41) is 5.87. The van der Waals surface area contributed by atoms with Crippen molar-refractivity contribution in [1.82, 2.24) is 10.6 Å². The molecule has 4 heteroatoms. The van der Waals surface area contributed by atoms with Crippen LogP contribution in [-0.2, 0) is 11.2 Å². The van der Waals surface area contributed by atoms with Crippen LogP contribution in [0.1, 0.15) is 30.0 Å².